The summed E-state index contributed by atoms with van der Waals surface area (Å²) < 4.78 is 5.17. The maximum absolute atomic E-state index is 12.0. The Morgan fingerprint density at radius 1 is 1.12 bits per heavy atom. The molecule has 6 heteroatoms. The minimum absolute atomic E-state index is 0.0490. The van der Waals surface area contributed by atoms with Gasteiger partial charge in [0.15, 0.2) is 0 Å². The van der Waals surface area contributed by atoms with Crippen LogP contribution in [0.1, 0.15) is 6.42 Å². The molecular weight excluding hydrogens is 212 g/mol. The quantitative estimate of drug-likeness (QED) is 0.677. The first-order valence-corrected chi connectivity index (χ1v) is 5.53. The number of carbonyl (C=O) groups excluding carboxylic acids is 1. The predicted octanol–water partition coefficient (Wildman–Crippen LogP) is -0.155. The summed E-state index contributed by atoms with van der Waals surface area (Å²) in [5.41, 5.74) is 0. The fraction of sp³-hybridized carbons (Fsp3) is 0.800. The summed E-state index contributed by atoms with van der Waals surface area (Å²) in [5.74, 6) is -1.21. The van der Waals surface area contributed by atoms with E-state index in [0.717, 1.165) is 0 Å². The second-order valence-electron chi connectivity index (χ2n) is 4.15. The number of carbonyl (C=O) groups is 2. The molecule has 2 heterocycles. The Morgan fingerprint density at radius 3 is 2.38 bits per heavy atom. The van der Waals surface area contributed by atoms with Crippen LogP contribution >= 0.6 is 0 Å². The molecule has 0 saturated carbocycles. The molecule has 0 spiro atoms. The van der Waals surface area contributed by atoms with E-state index in [4.69, 9.17) is 9.84 Å². The first-order chi connectivity index (χ1) is 7.68. The monoisotopic (exact) mass is 228 g/mol. The lowest BCUT2D eigenvalue weighted by atomic mass is 10.1. The summed E-state index contributed by atoms with van der Waals surface area (Å²) >= 11 is 0. The number of nitrogens with zero attached hydrogens (tertiary/aromatic N) is 2. The number of likely N-dealkylation sites (tertiary alicyclic amines) is 1. The van der Waals surface area contributed by atoms with Gasteiger partial charge in [-0.05, 0) is 6.42 Å². The molecule has 16 heavy (non-hydrogen) atoms. The van der Waals surface area contributed by atoms with E-state index < -0.39 is 11.9 Å². The average molecular weight is 228 g/mol. The Hall–Kier alpha value is -1.30. The number of aliphatic carboxylic acids is 1. The molecule has 2 aliphatic rings. The summed E-state index contributed by atoms with van der Waals surface area (Å²) in [7, 11) is 0. The van der Waals surface area contributed by atoms with Gasteiger partial charge in [0, 0.05) is 26.2 Å². The van der Waals surface area contributed by atoms with Crippen LogP contribution < -0.4 is 0 Å². The van der Waals surface area contributed by atoms with Gasteiger partial charge in [0.2, 0.25) is 0 Å². The number of morpholine rings is 1. The average Bonchev–Trinajstić information content (AvgIpc) is 2.78. The zero-order valence-electron chi connectivity index (χ0n) is 9.09. The molecule has 0 aromatic heterocycles. The predicted molar refractivity (Wildman–Crippen MR) is 55.1 cm³/mol. The second kappa shape index (κ2) is 4.69. The molecule has 0 aromatic carbocycles. The van der Waals surface area contributed by atoms with Crippen LogP contribution in [-0.2, 0) is 9.53 Å². The van der Waals surface area contributed by atoms with Crippen LogP contribution in [0.15, 0.2) is 0 Å². The normalized spacial score (nSPS) is 25.9. The number of carboxylic acids is 1. The van der Waals surface area contributed by atoms with E-state index in [1.807, 2.05) is 0 Å². The third-order valence-corrected chi connectivity index (χ3v) is 3.09. The van der Waals surface area contributed by atoms with Crippen molar-refractivity contribution in [2.24, 2.45) is 5.92 Å². The maximum atomic E-state index is 12.0. The SMILES string of the molecule is O=C(O)C1CCN(C(=O)N2CCOCC2)C1. The standard InChI is InChI=1S/C10H16N2O4/c13-9(14)8-1-2-12(7-8)10(15)11-3-5-16-6-4-11/h8H,1-7H2,(H,13,14). The zero-order chi connectivity index (χ0) is 11.5. The fourth-order valence-electron chi connectivity index (χ4n) is 2.09. The van der Waals surface area contributed by atoms with Gasteiger partial charge in [-0.3, -0.25) is 4.79 Å². The van der Waals surface area contributed by atoms with Crippen molar-refractivity contribution in [3.63, 3.8) is 0 Å². The minimum Gasteiger partial charge on any atom is -0.481 e. The number of urea groups is 1. The van der Waals surface area contributed by atoms with Gasteiger partial charge in [-0.25, -0.2) is 4.79 Å². The minimum atomic E-state index is -0.808. The van der Waals surface area contributed by atoms with Crippen molar-refractivity contribution in [2.75, 3.05) is 39.4 Å². The first kappa shape index (κ1) is 11.2. The van der Waals surface area contributed by atoms with Crippen molar-refractivity contribution in [1.29, 1.82) is 0 Å². The molecule has 2 saturated heterocycles. The van der Waals surface area contributed by atoms with Crippen molar-refractivity contribution in [2.45, 2.75) is 6.42 Å². The molecule has 0 radical (unpaired) electrons. The molecular formula is C10H16N2O4. The molecule has 0 bridgehead atoms. The highest BCUT2D eigenvalue weighted by Crippen LogP contribution is 2.18. The Bertz CT molecular complexity index is 289. The lowest BCUT2D eigenvalue weighted by Gasteiger charge is -2.30. The molecule has 2 fully saturated rings. The molecule has 90 valence electrons. The third-order valence-electron chi connectivity index (χ3n) is 3.09. The Morgan fingerprint density at radius 2 is 1.81 bits per heavy atom. The number of rotatable bonds is 1. The van der Waals surface area contributed by atoms with Crippen molar-refractivity contribution in [3.8, 4) is 0 Å². The van der Waals surface area contributed by atoms with Crippen LogP contribution in [0.2, 0.25) is 0 Å². The highest BCUT2D eigenvalue weighted by Gasteiger charge is 2.33. The highest BCUT2D eigenvalue weighted by molar-refractivity contribution is 5.77. The number of carboxylic acid groups (broad SMARTS) is 1. The van der Waals surface area contributed by atoms with Crippen LogP contribution in [0.5, 0.6) is 0 Å². The number of amides is 2. The van der Waals surface area contributed by atoms with Crippen molar-refractivity contribution in [1.82, 2.24) is 9.80 Å². The summed E-state index contributed by atoms with van der Waals surface area (Å²) in [6, 6.07) is -0.0490. The topological polar surface area (TPSA) is 70.1 Å². The molecule has 0 aliphatic carbocycles. The van der Waals surface area contributed by atoms with Gasteiger partial charge in [0.25, 0.3) is 0 Å². The van der Waals surface area contributed by atoms with E-state index in [9.17, 15) is 9.59 Å². The van der Waals surface area contributed by atoms with Gasteiger partial charge in [0.1, 0.15) is 0 Å². The molecule has 1 atom stereocenters. The van der Waals surface area contributed by atoms with Crippen LogP contribution in [0, 0.1) is 5.92 Å². The fourth-order valence-corrected chi connectivity index (χ4v) is 2.09. The van der Waals surface area contributed by atoms with Crippen molar-refractivity contribution >= 4 is 12.0 Å². The van der Waals surface area contributed by atoms with E-state index >= 15 is 0 Å². The summed E-state index contributed by atoms with van der Waals surface area (Å²) in [6.45, 7) is 3.24. The van der Waals surface area contributed by atoms with E-state index in [0.29, 0.717) is 45.8 Å². The Balaban J connectivity index is 1.88. The number of hydrogen-bond acceptors (Lipinski definition) is 3. The summed E-state index contributed by atoms with van der Waals surface area (Å²) in [5, 5.41) is 8.85. The molecule has 2 amide bonds. The molecule has 2 rings (SSSR count). The lowest BCUT2D eigenvalue weighted by molar-refractivity contribution is -0.141. The smallest absolute Gasteiger partial charge is 0.320 e. The molecule has 1 N–H and O–H groups in total. The summed E-state index contributed by atoms with van der Waals surface area (Å²) in [6.07, 6.45) is 0.561. The lowest BCUT2D eigenvalue weighted by Crippen LogP contribution is -2.47. The van der Waals surface area contributed by atoms with Gasteiger partial charge in [-0.2, -0.15) is 0 Å². The van der Waals surface area contributed by atoms with Crippen LogP contribution in [0.25, 0.3) is 0 Å². The van der Waals surface area contributed by atoms with Gasteiger partial charge < -0.3 is 19.6 Å². The van der Waals surface area contributed by atoms with Crippen molar-refractivity contribution in [3.05, 3.63) is 0 Å². The van der Waals surface area contributed by atoms with Crippen molar-refractivity contribution < 1.29 is 19.4 Å². The third kappa shape index (κ3) is 2.27. The summed E-state index contributed by atoms with van der Waals surface area (Å²) in [4.78, 5) is 26.1. The maximum Gasteiger partial charge on any atom is 0.320 e. The van der Waals surface area contributed by atoms with E-state index in [2.05, 4.69) is 0 Å². The Kier molecular flexibility index (Phi) is 3.28. The van der Waals surface area contributed by atoms with Gasteiger partial charge in [-0.15, -0.1) is 0 Å². The van der Waals surface area contributed by atoms with Crippen LogP contribution in [0.4, 0.5) is 4.79 Å². The van der Waals surface area contributed by atoms with Gasteiger partial charge >= 0.3 is 12.0 Å². The van der Waals surface area contributed by atoms with E-state index in [-0.39, 0.29) is 6.03 Å². The van der Waals surface area contributed by atoms with Gasteiger partial charge in [-0.1, -0.05) is 0 Å². The zero-order valence-corrected chi connectivity index (χ0v) is 9.09. The molecule has 0 aromatic rings. The number of hydrogen-bond donors (Lipinski definition) is 1. The molecule has 1 unspecified atom stereocenters. The van der Waals surface area contributed by atoms with Crippen LogP contribution in [-0.4, -0.2) is 66.3 Å². The largest absolute Gasteiger partial charge is 0.481 e. The first-order valence-electron chi connectivity index (χ1n) is 5.53. The second-order valence-corrected chi connectivity index (χ2v) is 4.15. The van der Waals surface area contributed by atoms with E-state index in [1.54, 1.807) is 9.80 Å². The number of ether oxygens (including phenoxy) is 1. The van der Waals surface area contributed by atoms with Crippen LogP contribution in [0.3, 0.4) is 0 Å². The molecule has 2 aliphatic heterocycles. The highest BCUT2D eigenvalue weighted by atomic mass is 16.5. The Labute approximate surface area is 93.8 Å². The molecule has 6 nitrogen and oxygen atoms in total. The van der Waals surface area contributed by atoms with E-state index in [1.165, 1.54) is 0 Å². The van der Waals surface area contributed by atoms with Gasteiger partial charge in [0.05, 0.1) is 19.1 Å².